The molecule has 0 aliphatic carbocycles. The molecule has 0 saturated heterocycles. The van der Waals surface area contributed by atoms with E-state index >= 15 is 0 Å². The minimum Gasteiger partial charge on any atom is -0.399 e. The zero-order valence-corrected chi connectivity index (χ0v) is 12.1. The Labute approximate surface area is 117 Å². The lowest BCUT2D eigenvalue weighted by Gasteiger charge is -2.09. The van der Waals surface area contributed by atoms with E-state index in [-0.39, 0.29) is 5.91 Å². The van der Waals surface area contributed by atoms with Crippen molar-refractivity contribution in [3.8, 4) is 0 Å². The largest absolute Gasteiger partial charge is 0.399 e. The van der Waals surface area contributed by atoms with E-state index in [1.54, 1.807) is 30.0 Å². The Hall–Kier alpha value is -0.910. The van der Waals surface area contributed by atoms with Crippen molar-refractivity contribution in [2.45, 2.75) is 0 Å². The van der Waals surface area contributed by atoms with Crippen LogP contribution in [0, 0.1) is 0 Å². The van der Waals surface area contributed by atoms with Crippen molar-refractivity contribution in [3.63, 3.8) is 0 Å². The van der Waals surface area contributed by atoms with Crippen molar-refractivity contribution in [2.24, 2.45) is 0 Å². The number of hydrogen-bond acceptors (Lipinski definition) is 4. The van der Waals surface area contributed by atoms with Crippen LogP contribution < -0.4 is 11.1 Å². The van der Waals surface area contributed by atoms with Crippen molar-refractivity contribution >= 4 is 40.6 Å². The van der Waals surface area contributed by atoms with Crippen LogP contribution >= 0.6 is 23.4 Å². The number of anilines is 2. The molecule has 0 heterocycles. The van der Waals surface area contributed by atoms with Gasteiger partial charge in [0.2, 0.25) is 5.91 Å². The van der Waals surface area contributed by atoms with Crippen molar-refractivity contribution in [1.82, 2.24) is 4.90 Å². The number of carbonyl (C=O) groups excluding carboxylic acids is 1. The average Bonchev–Trinajstić information content (AvgIpc) is 2.28. The van der Waals surface area contributed by atoms with Crippen LogP contribution in [0.5, 0.6) is 0 Å². The average molecular weight is 288 g/mol. The lowest BCUT2D eigenvalue weighted by Crippen LogP contribution is -2.18. The van der Waals surface area contributed by atoms with Crippen LogP contribution in [-0.4, -0.2) is 43.0 Å². The molecule has 1 aromatic rings. The molecule has 18 heavy (non-hydrogen) atoms. The molecule has 0 radical (unpaired) electrons. The number of nitrogens with zero attached hydrogens (tertiary/aromatic N) is 1. The number of rotatable bonds is 6. The monoisotopic (exact) mass is 287 g/mol. The first-order valence-corrected chi connectivity index (χ1v) is 7.09. The number of amides is 1. The Morgan fingerprint density at radius 3 is 2.83 bits per heavy atom. The maximum atomic E-state index is 11.7. The Morgan fingerprint density at radius 2 is 2.22 bits per heavy atom. The summed E-state index contributed by atoms with van der Waals surface area (Å²) in [6, 6.07) is 5.04. The van der Waals surface area contributed by atoms with E-state index in [0.29, 0.717) is 22.2 Å². The second kappa shape index (κ2) is 7.51. The zero-order valence-electron chi connectivity index (χ0n) is 10.6. The molecule has 1 aromatic carbocycles. The summed E-state index contributed by atoms with van der Waals surface area (Å²) in [5.74, 6) is 1.30. The molecule has 0 spiro atoms. The summed E-state index contributed by atoms with van der Waals surface area (Å²) in [7, 11) is 4.02. The van der Waals surface area contributed by atoms with E-state index in [4.69, 9.17) is 17.3 Å². The van der Waals surface area contributed by atoms with Gasteiger partial charge < -0.3 is 16.0 Å². The summed E-state index contributed by atoms with van der Waals surface area (Å²) < 4.78 is 0. The smallest absolute Gasteiger partial charge is 0.234 e. The van der Waals surface area contributed by atoms with E-state index in [2.05, 4.69) is 10.2 Å². The van der Waals surface area contributed by atoms with E-state index in [9.17, 15) is 4.79 Å². The maximum absolute atomic E-state index is 11.7. The fourth-order valence-corrected chi connectivity index (χ4v) is 2.36. The van der Waals surface area contributed by atoms with Crippen LogP contribution in [0.15, 0.2) is 18.2 Å². The first kappa shape index (κ1) is 15.1. The molecule has 4 nitrogen and oxygen atoms in total. The lowest BCUT2D eigenvalue weighted by atomic mass is 10.3. The number of nitrogens with one attached hydrogen (secondary N) is 1. The predicted molar refractivity (Wildman–Crippen MR) is 80.4 cm³/mol. The number of halogens is 1. The van der Waals surface area contributed by atoms with Gasteiger partial charge >= 0.3 is 0 Å². The first-order valence-electron chi connectivity index (χ1n) is 5.56. The van der Waals surface area contributed by atoms with Crippen LogP contribution in [0.2, 0.25) is 5.02 Å². The molecule has 6 heteroatoms. The number of hydrogen-bond donors (Lipinski definition) is 2. The molecule has 0 atom stereocenters. The highest BCUT2D eigenvalue weighted by Gasteiger charge is 2.06. The summed E-state index contributed by atoms with van der Waals surface area (Å²) in [5.41, 5.74) is 6.76. The standard InChI is InChI=1S/C12H18ClN3OS/c1-16(2)5-6-18-8-12(17)15-11-4-3-9(14)7-10(11)13/h3-4,7H,5-6,8,14H2,1-2H3,(H,15,17). The molecule has 100 valence electrons. The molecule has 0 bridgehead atoms. The molecule has 0 fully saturated rings. The van der Waals surface area contributed by atoms with E-state index < -0.39 is 0 Å². The van der Waals surface area contributed by atoms with E-state index in [0.717, 1.165) is 12.3 Å². The maximum Gasteiger partial charge on any atom is 0.234 e. The van der Waals surface area contributed by atoms with Crippen molar-refractivity contribution in [1.29, 1.82) is 0 Å². The van der Waals surface area contributed by atoms with Gasteiger partial charge in [0.05, 0.1) is 16.5 Å². The highest BCUT2D eigenvalue weighted by molar-refractivity contribution is 7.99. The van der Waals surface area contributed by atoms with Crippen LogP contribution in [0.4, 0.5) is 11.4 Å². The number of nitrogens with two attached hydrogens (primary N) is 1. The molecule has 3 N–H and O–H groups in total. The van der Waals surface area contributed by atoms with Gasteiger partial charge in [0.15, 0.2) is 0 Å². The van der Waals surface area contributed by atoms with E-state index in [1.807, 2.05) is 14.1 Å². The van der Waals surface area contributed by atoms with Gasteiger partial charge in [-0.2, -0.15) is 11.8 Å². The van der Waals surface area contributed by atoms with Crippen LogP contribution in [-0.2, 0) is 4.79 Å². The van der Waals surface area contributed by atoms with Crippen LogP contribution in [0.3, 0.4) is 0 Å². The molecule has 1 rings (SSSR count). The van der Waals surface area contributed by atoms with Gasteiger partial charge in [-0.15, -0.1) is 0 Å². The third-order valence-electron chi connectivity index (χ3n) is 2.18. The summed E-state index contributed by atoms with van der Waals surface area (Å²) in [4.78, 5) is 13.7. The van der Waals surface area contributed by atoms with Crippen molar-refractivity contribution in [3.05, 3.63) is 23.2 Å². The van der Waals surface area contributed by atoms with E-state index in [1.165, 1.54) is 0 Å². The molecule has 0 aliphatic rings. The van der Waals surface area contributed by atoms with Crippen LogP contribution in [0.1, 0.15) is 0 Å². The second-order valence-corrected chi connectivity index (χ2v) is 5.66. The number of nitrogen functional groups attached to an aromatic ring is 1. The highest BCUT2D eigenvalue weighted by Crippen LogP contribution is 2.24. The third-order valence-corrected chi connectivity index (χ3v) is 3.43. The molecular weight excluding hydrogens is 270 g/mol. The molecular formula is C12H18ClN3OS. The quantitative estimate of drug-likeness (QED) is 0.622. The molecule has 0 aliphatic heterocycles. The molecule has 1 amide bonds. The second-order valence-electron chi connectivity index (χ2n) is 4.14. The van der Waals surface area contributed by atoms with Crippen molar-refractivity contribution < 1.29 is 4.79 Å². The Bertz CT molecular complexity index is 412. The van der Waals surface area contributed by atoms with Gasteiger partial charge in [0.1, 0.15) is 0 Å². The molecule has 0 saturated carbocycles. The zero-order chi connectivity index (χ0) is 13.5. The fourth-order valence-electron chi connectivity index (χ4n) is 1.23. The number of benzene rings is 1. The van der Waals surface area contributed by atoms with Gasteiger partial charge in [-0.05, 0) is 32.3 Å². The minimum absolute atomic E-state index is 0.0505. The minimum atomic E-state index is -0.0505. The fraction of sp³-hybridized carbons (Fsp3) is 0.417. The van der Waals surface area contributed by atoms with Gasteiger partial charge in [-0.1, -0.05) is 11.6 Å². The lowest BCUT2D eigenvalue weighted by molar-refractivity contribution is -0.113. The van der Waals surface area contributed by atoms with Crippen LogP contribution in [0.25, 0.3) is 0 Å². The predicted octanol–water partition coefficient (Wildman–Crippen LogP) is 2.16. The van der Waals surface area contributed by atoms with Gasteiger partial charge in [-0.3, -0.25) is 4.79 Å². The Morgan fingerprint density at radius 1 is 1.50 bits per heavy atom. The molecule has 0 unspecified atom stereocenters. The van der Waals surface area contributed by atoms with Crippen molar-refractivity contribution in [2.75, 3.05) is 43.2 Å². The first-order chi connectivity index (χ1) is 8.49. The van der Waals surface area contributed by atoms with Gasteiger partial charge in [-0.25, -0.2) is 0 Å². The van der Waals surface area contributed by atoms with Gasteiger partial charge in [0.25, 0.3) is 0 Å². The normalized spacial score (nSPS) is 10.7. The summed E-state index contributed by atoms with van der Waals surface area (Å²) in [5, 5.41) is 3.22. The third kappa shape index (κ3) is 5.62. The highest BCUT2D eigenvalue weighted by atomic mass is 35.5. The Balaban J connectivity index is 2.35. The summed E-state index contributed by atoms with van der Waals surface area (Å²) in [6.07, 6.45) is 0. The topological polar surface area (TPSA) is 58.4 Å². The number of carbonyl (C=O) groups is 1. The summed E-state index contributed by atoms with van der Waals surface area (Å²) in [6.45, 7) is 0.959. The SMILES string of the molecule is CN(C)CCSCC(=O)Nc1ccc(N)cc1Cl. The summed E-state index contributed by atoms with van der Waals surface area (Å²) >= 11 is 7.56. The van der Waals surface area contributed by atoms with Gasteiger partial charge in [0, 0.05) is 18.0 Å². The molecule has 0 aromatic heterocycles. The number of thioether (sulfide) groups is 1. The Kier molecular flexibility index (Phi) is 6.32.